The number of hydrogen-bond acceptors (Lipinski definition) is 4. The standard InChI is InChI=1S/C22H26N2O3/c1-23(15-17-3-9-21(27-2)10-4-17)22(26)16-24-13-11-19(12-14-24)18-5-7-20(25)8-6-18/h3-11,25H,12-16H2,1-2H3. The first-order chi connectivity index (χ1) is 13.0. The van der Waals surface area contributed by atoms with Crippen LogP contribution in [0.2, 0.25) is 0 Å². The van der Waals surface area contributed by atoms with Crippen molar-refractivity contribution in [3.63, 3.8) is 0 Å². The monoisotopic (exact) mass is 366 g/mol. The molecule has 1 aliphatic heterocycles. The van der Waals surface area contributed by atoms with Crippen LogP contribution in [-0.4, -0.2) is 54.6 Å². The van der Waals surface area contributed by atoms with Gasteiger partial charge in [-0.25, -0.2) is 0 Å². The summed E-state index contributed by atoms with van der Waals surface area (Å²) in [5.74, 6) is 1.21. The van der Waals surface area contributed by atoms with Crippen LogP contribution in [0, 0.1) is 0 Å². The van der Waals surface area contributed by atoms with Gasteiger partial charge in [-0.15, -0.1) is 0 Å². The van der Waals surface area contributed by atoms with Crippen LogP contribution in [-0.2, 0) is 11.3 Å². The van der Waals surface area contributed by atoms with Gasteiger partial charge in [0, 0.05) is 26.7 Å². The fourth-order valence-electron chi connectivity index (χ4n) is 3.20. The first kappa shape index (κ1) is 19.0. The molecule has 1 aliphatic rings. The Morgan fingerprint density at radius 3 is 2.44 bits per heavy atom. The predicted octanol–water partition coefficient (Wildman–Crippen LogP) is 3.15. The molecule has 0 bridgehead atoms. The van der Waals surface area contributed by atoms with Gasteiger partial charge in [0.2, 0.25) is 5.91 Å². The number of methoxy groups -OCH3 is 1. The average Bonchev–Trinajstić information content (AvgIpc) is 2.70. The molecule has 0 aliphatic carbocycles. The number of nitrogens with zero attached hydrogens (tertiary/aromatic N) is 2. The van der Waals surface area contributed by atoms with Gasteiger partial charge in [-0.2, -0.15) is 0 Å². The van der Waals surface area contributed by atoms with Crippen molar-refractivity contribution in [1.29, 1.82) is 0 Å². The normalized spacial score (nSPS) is 14.5. The SMILES string of the molecule is COc1ccc(CN(C)C(=O)CN2CC=C(c3ccc(O)cc3)CC2)cc1. The molecular formula is C22H26N2O3. The van der Waals surface area contributed by atoms with Crippen molar-refractivity contribution in [2.24, 2.45) is 0 Å². The molecule has 0 saturated carbocycles. The Kier molecular flexibility index (Phi) is 6.14. The maximum atomic E-state index is 12.5. The molecule has 0 radical (unpaired) electrons. The van der Waals surface area contributed by atoms with Gasteiger partial charge >= 0.3 is 0 Å². The Labute approximate surface area is 160 Å². The second-order valence-electron chi connectivity index (χ2n) is 6.86. The van der Waals surface area contributed by atoms with E-state index >= 15 is 0 Å². The number of benzene rings is 2. The quantitative estimate of drug-likeness (QED) is 0.853. The molecule has 3 rings (SSSR count). The van der Waals surface area contributed by atoms with Gasteiger partial charge in [0.05, 0.1) is 13.7 Å². The number of aromatic hydroxyl groups is 1. The van der Waals surface area contributed by atoms with Gasteiger partial charge in [0.25, 0.3) is 0 Å². The summed E-state index contributed by atoms with van der Waals surface area (Å²) in [7, 11) is 3.49. The number of hydrogen-bond donors (Lipinski definition) is 1. The van der Waals surface area contributed by atoms with Crippen LogP contribution in [0.5, 0.6) is 11.5 Å². The maximum Gasteiger partial charge on any atom is 0.236 e. The van der Waals surface area contributed by atoms with E-state index in [1.54, 1.807) is 24.1 Å². The van der Waals surface area contributed by atoms with Gasteiger partial charge < -0.3 is 14.7 Å². The van der Waals surface area contributed by atoms with E-state index in [-0.39, 0.29) is 11.7 Å². The number of amides is 1. The molecule has 1 N–H and O–H groups in total. The first-order valence-electron chi connectivity index (χ1n) is 9.13. The third-order valence-corrected chi connectivity index (χ3v) is 4.89. The van der Waals surface area contributed by atoms with Crippen molar-refractivity contribution >= 4 is 11.5 Å². The summed E-state index contributed by atoms with van der Waals surface area (Å²) in [4.78, 5) is 16.5. The number of likely N-dealkylation sites (N-methyl/N-ethyl adjacent to an activating group) is 1. The second kappa shape index (κ2) is 8.73. The third-order valence-electron chi connectivity index (χ3n) is 4.89. The highest BCUT2D eigenvalue weighted by molar-refractivity contribution is 5.78. The summed E-state index contributed by atoms with van der Waals surface area (Å²) in [5, 5.41) is 9.40. The van der Waals surface area contributed by atoms with Crippen molar-refractivity contribution < 1.29 is 14.6 Å². The van der Waals surface area contributed by atoms with Crippen molar-refractivity contribution in [3.05, 3.63) is 65.7 Å². The molecule has 0 spiro atoms. The summed E-state index contributed by atoms with van der Waals surface area (Å²) in [6, 6.07) is 15.1. The van der Waals surface area contributed by atoms with Crippen molar-refractivity contribution in [1.82, 2.24) is 9.80 Å². The molecule has 5 nitrogen and oxygen atoms in total. The first-order valence-corrected chi connectivity index (χ1v) is 9.13. The van der Waals surface area contributed by atoms with E-state index in [0.717, 1.165) is 36.4 Å². The van der Waals surface area contributed by atoms with E-state index < -0.39 is 0 Å². The number of rotatable bonds is 6. The zero-order valence-electron chi connectivity index (χ0n) is 15.9. The summed E-state index contributed by atoms with van der Waals surface area (Å²) in [6.07, 6.45) is 3.08. The van der Waals surface area contributed by atoms with E-state index in [2.05, 4.69) is 11.0 Å². The van der Waals surface area contributed by atoms with E-state index in [4.69, 9.17) is 4.74 Å². The van der Waals surface area contributed by atoms with Gasteiger partial charge in [0.15, 0.2) is 0 Å². The van der Waals surface area contributed by atoms with Crippen LogP contribution in [0.15, 0.2) is 54.6 Å². The molecule has 1 heterocycles. The third kappa shape index (κ3) is 5.11. The molecule has 1 amide bonds. The minimum absolute atomic E-state index is 0.118. The summed E-state index contributed by atoms with van der Waals surface area (Å²) in [6.45, 7) is 2.63. The van der Waals surface area contributed by atoms with Gasteiger partial charge in [-0.05, 0) is 47.4 Å². The molecule has 27 heavy (non-hydrogen) atoms. The maximum absolute atomic E-state index is 12.5. The predicted molar refractivity (Wildman–Crippen MR) is 107 cm³/mol. The minimum Gasteiger partial charge on any atom is -0.508 e. The van der Waals surface area contributed by atoms with Gasteiger partial charge in [0.1, 0.15) is 11.5 Å². The largest absolute Gasteiger partial charge is 0.508 e. The zero-order chi connectivity index (χ0) is 19.2. The number of phenols is 1. The smallest absolute Gasteiger partial charge is 0.236 e. The molecule has 0 saturated heterocycles. The molecule has 0 fully saturated rings. The highest BCUT2D eigenvalue weighted by Gasteiger charge is 2.18. The van der Waals surface area contributed by atoms with E-state index in [1.165, 1.54) is 5.57 Å². The highest BCUT2D eigenvalue weighted by Crippen LogP contribution is 2.24. The number of carbonyl (C=O) groups excluding carboxylic acids is 1. The van der Waals surface area contributed by atoms with Crippen molar-refractivity contribution in [2.75, 3.05) is 33.8 Å². The Morgan fingerprint density at radius 2 is 1.85 bits per heavy atom. The zero-order valence-corrected chi connectivity index (χ0v) is 15.9. The molecule has 142 valence electrons. The Hall–Kier alpha value is -2.79. The molecule has 0 aromatic heterocycles. The van der Waals surface area contributed by atoms with Gasteiger partial charge in [-0.1, -0.05) is 30.3 Å². The Balaban J connectivity index is 1.51. The lowest BCUT2D eigenvalue weighted by Crippen LogP contribution is -2.39. The molecule has 2 aromatic rings. The number of phenolic OH excluding ortho intramolecular Hbond substituents is 1. The summed E-state index contributed by atoms with van der Waals surface area (Å²) >= 11 is 0. The van der Waals surface area contributed by atoms with Gasteiger partial charge in [-0.3, -0.25) is 9.69 Å². The van der Waals surface area contributed by atoms with Crippen molar-refractivity contribution in [3.8, 4) is 11.5 Å². The number of carbonyl (C=O) groups is 1. The lowest BCUT2D eigenvalue weighted by Gasteiger charge is -2.28. The molecule has 0 atom stereocenters. The average molecular weight is 366 g/mol. The topological polar surface area (TPSA) is 53.0 Å². The summed E-state index contributed by atoms with van der Waals surface area (Å²) < 4.78 is 5.16. The Morgan fingerprint density at radius 1 is 1.15 bits per heavy atom. The Bertz CT molecular complexity index is 797. The van der Waals surface area contributed by atoms with Crippen LogP contribution in [0.4, 0.5) is 0 Å². The fraction of sp³-hybridized carbons (Fsp3) is 0.318. The molecular weight excluding hydrogens is 340 g/mol. The lowest BCUT2D eigenvalue weighted by molar-refractivity contribution is -0.131. The second-order valence-corrected chi connectivity index (χ2v) is 6.86. The van der Waals surface area contributed by atoms with Crippen LogP contribution >= 0.6 is 0 Å². The van der Waals surface area contributed by atoms with E-state index in [1.807, 2.05) is 43.4 Å². The molecule has 0 unspecified atom stereocenters. The van der Waals surface area contributed by atoms with E-state index in [0.29, 0.717) is 13.1 Å². The summed E-state index contributed by atoms with van der Waals surface area (Å²) in [5.41, 5.74) is 3.49. The number of ether oxygens (including phenoxy) is 1. The highest BCUT2D eigenvalue weighted by atomic mass is 16.5. The lowest BCUT2D eigenvalue weighted by atomic mass is 9.99. The fourth-order valence-corrected chi connectivity index (χ4v) is 3.20. The minimum atomic E-state index is 0.118. The van der Waals surface area contributed by atoms with Crippen molar-refractivity contribution in [2.45, 2.75) is 13.0 Å². The molecule has 2 aromatic carbocycles. The van der Waals surface area contributed by atoms with Crippen LogP contribution in [0.1, 0.15) is 17.5 Å². The van der Waals surface area contributed by atoms with E-state index in [9.17, 15) is 9.90 Å². The van der Waals surface area contributed by atoms with Crippen LogP contribution in [0.3, 0.4) is 0 Å². The molecule has 5 heteroatoms. The van der Waals surface area contributed by atoms with Crippen LogP contribution < -0.4 is 4.74 Å². The van der Waals surface area contributed by atoms with Crippen LogP contribution in [0.25, 0.3) is 5.57 Å².